The molecule has 1 N–H and O–H groups in total. The highest BCUT2D eigenvalue weighted by atomic mass is 19.1. The molecule has 1 saturated heterocycles. The predicted octanol–water partition coefficient (Wildman–Crippen LogP) is 4.50. The quantitative estimate of drug-likeness (QED) is 0.737. The third kappa shape index (κ3) is 3.67. The topological polar surface area (TPSA) is 41.0 Å². The molecule has 0 atom stereocenters. The Morgan fingerprint density at radius 2 is 1.65 bits per heavy atom. The highest BCUT2D eigenvalue weighted by Crippen LogP contribution is 2.25. The van der Waals surface area contributed by atoms with Crippen molar-refractivity contribution in [2.24, 2.45) is 0 Å². The maximum Gasteiger partial charge on any atom is 0.163 e. The number of benzene rings is 2. The lowest BCUT2D eigenvalue weighted by molar-refractivity contribution is 0.613. The van der Waals surface area contributed by atoms with E-state index in [4.69, 9.17) is 4.98 Å². The van der Waals surface area contributed by atoms with Crippen LogP contribution in [-0.4, -0.2) is 23.1 Å². The Hall–Kier alpha value is -2.95. The van der Waals surface area contributed by atoms with E-state index < -0.39 is 0 Å². The smallest absolute Gasteiger partial charge is 0.163 e. The van der Waals surface area contributed by atoms with Crippen LogP contribution in [0.4, 0.5) is 16.0 Å². The molecule has 2 aromatic carbocycles. The summed E-state index contributed by atoms with van der Waals surface area (Å²) in [5.74, 6) is 2.11. The third-order valence-electron chi connectivity index (χ3n) is 4.59. The van der Waals surface area contributed by atoms with Crippen LogP contribution in [0.15, 0.2) is 60.7 Å². The molecule has 1 fully saturated rings. The molecule has 0 spiro atoms. The molecule has 26 heavy (non-hydrogen) atoms. The SMILES string of the molecule is Fc1ccccc1CNc1cc(N2CCCC2)nc(-c2ccccc2)n1. The first kappa shape index (κ1) is 16.5. The Balaban J connectivity index is 1.64. The van der Waals surface area contributed by atoms with E-state index in [2.05, 4.69) is 15.2 Å². The average Bonchev–Trinajstić information content (AvgIpc) is 3.23. The second-order valence-corrected chi connectivity index (χ2v) is 6.44. The first-order valence-corrected chi connectivity index (χ1v) is 8.96. The molecular weight excluding hydrogens is 327 g/mol. The number of aromatic nitrogens is 2. The van der Waals surface area contributed by atoms with E-state index in [1.807, 2.05) is 42.5 Å². The van der Waals surface area contributed by atoms with Gasteiger partial charge in [-0.15, -0.1) is 0 Å². The molecule has 4 nitrogen and oxygen atoms in total. The molecule has 3 aromatic rings. The van der Waals surface area contributed by atoms with E-state index in [0.717, 1.165) is 24.5 Å². The summed E-state index contributed by atoms with van der Waals surface area (Å²) < 4.78 is 13.9. The molecular formula is C21H21FN4. The van der Waals surface area contributed by atoms with Crippen LogP contribution < -0.4 is 10.2 Å². The van der Waals surface area contributed by atoms with Crippen molar-refractivity contribution in [3.63, 3.8) is 0 Å². The van der Waals surface area contributed by atoms with Crippen molar-refractivity contribution in [2.75, 3.05) is 23.3 Å². The Morgan fingerprint density at radius 1 is 0.923 bits per heavy atom. The highest BCUT2D eigenvalue weighted by Gasteiger charge is 2.16. The van der Waals surface area contributed by atoms with Crippen LogP contribution in [-0.2, 0) is 6.54 Å². The average molecular weight is 348 g/mol. The number of hydrogen-bond donors (Lipinski definition) is 1. The van der Waals surface area contributed by atoms with Gasteiger partial charge in [0.05, 0.1) is 0 Å². The molecule has 0 saturated carbocycles. The van der Waals surface area contributed by atoms with Gasteiger partial charge in [-0.25, -0.2) is 14.4 Å². The molecule has 4 rings (SSSR count). The summed E-state index contributed by atoms with van der Waals surface area (Å²) in [7, 11) is 0. The summed E-state index contributed by atoms with van der Waals surface area (Å²) in [5.41, 5.74) is 1.59. The summed E-state index contributed by atoms with van der Waals surface area (Å²) in [5, 5.41) is 3.26. The number of nitrogens with one attached hydrogen (secondary N) is 1. The molecule has 1 aliphatic heterocycles. The van der Waals surface area contributed by atoms with E-state index in [0.29, 0.717) is 23.8 Å². The lowest BCUT2D eigenvalue weighted by atomic mass is 10.2. The van der Waals surface area contributed by atoms with Crippen molar-refractivity contribution in [1.29, 1.82) is 0 Å². The van der Waals surface area contributed by atoms with Gasteiger partial charge in [-0.2, -0.15) is 0 Å². The number of nitrogens with zero attached hydrogens (tertiary/aromatic N) is 3. The normalized spacial score (nSPS) is 13.8. The van der Waals surface area contributed by atoms with Crippen LogP contribution in [0.1, 0.15) is 18.4 Å². The molecule has 1 aromatic heterocycles. The molecule has 1 aliphatic rings. The number of halogens is 1. The standard InChI is InChI=1S/C21H21FN4/c22-18-11-5-4-10-17(18)15-23-19-14-20(26-12-6-7-13-26)25-21(24-19)16-8-2-1-3-9-16/h1-5,8-11,14H,6-7,12-13,15H2,(H,23,24,25). The van der Waals surface area contributed by atoms with E-state index in [-0.39, 0.29) is 5.82 Å². The van der Waals surface area contributed by atoms with E-state index in [1.54, 1.807) is 12.1 Å². The van der Waals surface area contributed by atoms with Crippen LogP contribution in [0.25, 0.3) is 11.4 Å². The summed E-state index contributed by atoms with van der Waals surface area (Å²) in [6.07, 6.45) is 2.37. The molecule has 2 heterocycles. The minimum atomic E-state index is -0.211. The zero-order valence-corrected chi connectivity index (χ0v) is 14.5. The highest BCUT2D eigenvalue weighted by molar-refractivity contribution is 5.62. The van der Waals surface area contributed by atoms with E-state index >= 15 is 0 Å². The van der Waals surface area contributed by atoms with Crippen molar-refractivity contribution in [3.05, 3.63) is 72.0 Å². The van der Waals surface area contributed by atoms with Gasteiger partial charge in [-0.1, -0.05) is 48.5 Å². The monoisotopic (exact) mass is 348 g/mol. The molecule has 0 bridgehead atoms. The van der Waals surface area contributed by atoms with Gasteiger partial charge >= 0.3 is 0 Å². The van der Waals surface area contributed by atoms with Crippen molar-refractivity contribution in [2.45, 2.75) is 19.4 Å². The van der Waals surface area contributed by atoms with Gasteiger partial charge in [0.15, 0.2) is 5.82 Å². The van der Waals surface area contributed by atoms with Gasteiger partial charge in [0.25, 0.3) is 0 Å². The van der Waals surface area contributed by atoms with Crippen LogP contribution in [0.2, 0.25) is 0 Å². The fourth-order valence-electron chi connectivity index (χ4n) is 3.18. The summed E-state index contributed by atoms with van der Waals surface area (Å²) >= 11 is 0. The number of rotatable bonds is 5. The van der Waals surface area contributed by atoms with Crippen LogP contribution >= 0.6 is 0 Å². The third-order valence-corrected chi connectivity index (χ3v) is 4.59. The van der Waals surface area contributed by atoms with E-state index in [9.17, 15) is 4.39 Å². The Labute approximate surface area is 152 Å². The van der Waals surface area contributed by atoms with E-state index in [1.165, 1.54) is 18.9 Å². The van der Waals surface area contributed by atoms with Crippen molar-refractivity contribution in [1.82, 2.24) is 9.97 Å². The molecule has 0 unspecified atom stereocenters. The van der Waals surface area contributed by atoms with Crippen molar-refractivity contribution < 1.29 is 4.39 Å². The zero-order chi connectivity index (χ0) is 17.8. The van der Waals surface area contributed by atoms with Gasteiger partial charge in [0.2, 0.25) is 0 Å². The molecule has 0 radical (unpaired) electrons. The zero-order valence-electron chi connectivity index (χ0n) is 14.5. The van der Waals surface area contributed by atoms with Gasteiger partial charge in [-0.3, -0.25) is 0 Å². The molecule has 132 valence electrons. The number of hydrogen-bond acceptors (Lipinski definition) is 4. The molecule has 0 amide bonds. The van der Waals surface area contributed by atoms with Gasteiger partial charge in [0, 0.05) is 36.8 Å². The van der Waals surface area contributed by atoms with Crippen LogP contribution in [0.5, 0.6) is 0 Å². The number of anilines is 2. The molecule has 0 aliphatic carbocycles. The summed E-state index contributed by atoms with van der Waals surface area (Å²) in [4.78, 5) is 11.7. The Kier molecular flexibility index (Phi) is 4.78. The lowest BCUT2D eigenvalue weighted by Crippen LogP contribution is -2.20. The second-order valence-electron chi connectivity index (χ2n) is 6.44. The summed E-state index contributed by atoms with van der Waals surface area (Å²) in [6.45, 7) is 2.41. The fraction of sp³-hybridized carbons (Fsp3) is 0.238. The van der Waals surface area contributed by atoms with Crippen LogP contribution in [0, 0.1) is 5.82 Å². The van der Waals surface area contributed by atoms with Gasteiger partial charge < -0.3 is 10.2 Å². The lowest BCUT2D eigenvalue weighted by Gasteiger charge is -2.18. The molecule has 5 heteroatoms. The predicted molar refractivity (Wildman–Crippen MR) is 103 cm³/mol. The maximum absolute atomic E-state index is 13.9. The fourth-order valence-corrected chi connectivity index (χ4v) is 3.18. The largest absolute Gasteiger partial charge is 0.366 e. The summed E-state index contributed by atoms with van der Waals surface area (Å²) in [6, 6.07) is 18.7. The van der Waals surface area contributed by atoms with Crippen molar-refractivity contribution >= 4 is 11.6 Å². The minimum absolute atomic E-state index is 0.211. The van der Waals surface area contributed by atoms with Crippen LogP contribution in [0.3, 0.4) is 0 Å². The van der Waals surface area contributed by atoms with Gasteiger partial charge in [0.1, 0.15) is 17.5 Å². The first-order chi connectivity index (χ1) is 12.8. The van der Waals surface area contributed by atoms with Crippen molar-refractivity contribution in [3.8, 4) is 11.4 Å². The Bertz CT molecular complexity index is 876. The first-order valence-electron chi connectivity index (χ1n) is 8.96. The second kappa shape index (κ2) is 7.52. The minimum Gasteiger partial charge on any atom is -0.366 e. The van der Waals surface area contributed by atoms with Gasteiger partial charge in [-0.05, 0) is 18.9 Å². The maximum atomic E-state index is 13.9. The Morgan fingerprint density at radius 3 is 2.42 bits per heavy atom.